The number of rotatable bonds is 4. The van der Waals surface area contributed by atoms with Crippen LogP contribution in [0.25, 0.3) is 0 Å². The Hall–Kier alpha value is -1.42. The molecule has 2 unspecified atom stereocenters. The quantitative estimate of drug-likeness (QED) is 0.840. The zero-order chi connectivity index (χ0) is 14.5. The van der Waals surface area contributed by atoms with Gasteiger partial charge in [0.05, 0.1) is 12.7 Å². The first-order chi connectivity index (χ1) is 9.61. The summed E-state index contributed by atoms with van der Waals surface area (Å²) in [5.41, 5.74) is 0.257. The van der Waals surface area contributed by atoms with Crippen LogP contribution in [0.5, 0.6) is 11.5 Å². The van der Waals surface area contributed by atoms with E-state index in [4.69, 9.17) is 16.3 Å². The number of carbonyl (C=O) groups excluding carboxylic acids is 1. The molecule has 1 aromatic carbocycles. The Morgan fingerprint density at radius 2 is 2.20 bits per heavy atom. The summed E-state index contributed by atoms with van der Waals surface area (Å²) in [7, 11) is 1.51. The van der Waals surface area contributed by atoms with E-state index in [1.54, 1.807) is 12.1 Å². The van der Waals surface area contributed by atoms with Gasteiger partial charge in [-0.2, -0.15) is 0 Å². The van der Waals surface area contributed by atoms with Crippen molar-refractivity contribution in [3.05, 3.63) is 23.8 Å². The lowest BCUT2D eigenvalue weighted by molar-refractivity contribution is 0.0941. The molecule has 0 spiro atoms. The minimum atomic E-state index is -0.278. The van der Waals surface area contributed by atoms with Gasteiger partial charge in [0, 0.05) is 18.0 Å². The Morgan fingerprint density at radius 3 is 2.85 bits per heavy atom. The Kier molecular flexibility index (Phi) is 5.12. The Balaban J connectivity index is 1.94. The first-order valence-electron chi connectivity index (χ1n) is 6.91. The van der Waals surface area contributed by atoms with Crippen LogP contribution < -0.4 is 10.1 Å². The van der Waals surface area contributed by atoms with Crippen molar-refractivity contribution in [1.29, 1.82) is 0 Å². The van der Waals surface area contributed by atoms with E-state index in [1.807, 2.05) is 0 Å². The molecule has 20 heavy (non-hydrogen) atoms. The van der Waals surface area contributed by atoms with E-state index in [0.29, 0.717) is 18.2 Å². The van der Waals surface area contributed by atoms with Crippen molar-refractivity contribution < 1.29 is 14.6 Å². The number of hydrogen-bond acceptors (Lipinski definition) is 3. The minimum absolute atomic E-state index is 0.0760. The molecule has 0 radical (unpaired) electrons. The molecule has 110 valence electrons. The summed E-state index contributed by atoms with van der Waals surface area (Å²) in [5, 5.41) is 12.8. The second kappa shape index (κ2) is 6.84. The lowest BCUT2D eigenvalue weighted by Gasteiger charge is -2.27. The molecule has 1 amide bonds. The number of methoxy groups -OCH3 is 1. The van der Waals surface area contributed by atoms with Crippen LogP contribution in [0.15, 0.2) is 18.2 Å². The van der Waals surface area contributed by atoms with Crippen LogP contribution in [0.3, 0.4) is 0 Å². The van der Waals surface area contributed by atoms with Crippen LogP contribution in [0.4, 0.5) is 0 Å². The summed E-state index contributed by atoms with van der Waals surface area (Å²) in [6, 6.07) is 4.64. The Bertz CT molecular complexity index is 478. The number of ether oxygens (including phenoxy) is 1. The van der Waals surface area contributed by atoms with Crippen LogP contribution in [0.1, 0.15) is 36.0 Å². The molecule has 0 aliphatic heterocycles. The lowest BCUT2D eigenvalue weighted by Crippen LogP contribution is -2.34. The number of aromatic hydroxyl groups is 1. The number of benzene rings is 1. The average Bonchev–Trinajstić information content (AvgIpc) is 2.46. The number of phenolic OH excluding ortho intramolecular Hbond substituents is 1. The van der Waals surface area contributed by atoms with Gasteiger partial charge in [-0.25, -0.2) is 0 Å². The van der Waals surface area contributed by atoms with Gasteiger partial charge in [-0.15, -0.1) is 11.6 Å². The molecule has 1 aliphatic rings. The molecule has 4 nitrogen and oxygen atoms in total. The molecular formula is C15H20ClNO3. The van der Waals surface area contributed by atoms with Crippen LogP contribution in [-0.4, -0.2) is 30.0 Å². The third kappa shape index (κ3) is 3.57. The molecule has 0 saturated heterocycles. The molecular weight excluding hydrogens is 278 g/mol. The van der Waals surface area contributed by atoms with Crippen molar-refractivity contribution >= 4 is 17.5 Å². The summed E-state index contributed by atoms with van der Waals surface area (Å²) in [4.78, 5) is 12.1. The maximum Gasteiger partial charge on any atom is 0.255 e. The number of alkyl halides is 1. The molecule has 2 N–H and O–H groups in total. The normalized spacial score (nSPS) is 22.3. The van der Waals surface area contributed by atoms with Gasteiger partial charge in [-0.05, 0) is 30.9 Å². The molecule has 1 saturated carbocycles. The SMILES string of the molecule is COc1ccc(C(=O)NCC2CCCCC2Cl)c(O)c1. The maximum atomic E-state index is 12.1. The van der Waals surface area contributed by atoms with Crippen molar-refractivity contribution in [3.8, 4) is 11.5 Å². The summed E-state index contributed by atoms with van der Waals surface area (Å²) < 4.78 is 4.99. The number of nitrogens with one attached hydrogen (secondary N) is 1. The fraction of sp³-hybridized carbons (Fsp3) is 0.533. The molecule has 1 aromatic rings. The van der Waals surface area contributed by atoms with Gasteiger partial charge >= 0.3 is 0 Å². The highest BCUT2D eigenvalue weighted by molar-refractivity contribution is 6.20. The molecule has 0 heterocycles. The van der Waals surface area contributed by atoms with Crippen LogP contribution in [0.2, 0.25) is 0 Å². The fourth-order valence-electron chi connectivity index (χ4n) is 2.54. The molecule has 0 aromatic heterocycles. The van der Waals surface area contributed by atoms with Crippen molar-refractivity contribution in [2.75, 3.05) is 13.7 Å². The number of phenols is 1. The van der Waals surface area contributed by atoms with Crippen LogP contribution in [-0.2, 0) is 0 Å². The summed E-state index contributed by atoms with van der Waals surface area (Å²) in [6.07, 6.45) is 4.38. The monoisotopic (exact) mass is 297 g/mol. The highest BCUT2D eigenvalue weighted by Gasteiger charge is 2.24. The third-order valence-electron chi connectivity index (χ3n) is 3.79. The zero-order valence-electron chi connectivity index (χ0n) is 11.6. The highest BCUT2D eigenvalue weighted by Crippen LogP contribution is 2.28. The summed E-state index contributed by atoms with van der Waals surface area (Å²) in [5.74, 6) is 0.481. The average molecular weight is 298 g/mol. The maximum absolute atomic E-state index is 12.1. The van der Waals surface area contributed by atoms with Gasteiger partial charge in [-0.1, -0.05) is 12.8 Å². The zero-order valence-corrected chi connectivity index (χ0v) is 12.3. The molecule has 0 bridgehead atoms. The first kappa shape index (κ1) is 15.0. The second-order valence-electron chi connectivity index (χ2n) is 5.15. The minimum Gasteiger partial charge on any atom is -0.507 e. The Morgan fingerprint density at radius 1 is 1.45 bits per heavy atom. The van der Waals surface area contributed by atoms with Crippen molar-refractivity contribution in [2.45, 2.75) is 31.1 Å². The van der Waals surface area contributed by atoms with E-state index in [1.165, 1.54) is 13.2 Å². The lowest BCUT2D eigenvalue weighted by atomic mass is 9.88. The number of halogens is 1. The van der Waals surface area contributed by atoms with E-state index in [9.17, 15) is 9.90 Å². The smallest absolute Gasteiger partial charge is 0.255 e. The van der Waals surface area contributed by atoms with Crippen molar-refractivity contribution in [1.82, 2.24) is 5.32 Å². The van der Waals surface area contributed by atoms with Crippen molar-refractivity contribution in [2.24, 2.45) is 5.92 Å². The van der Waals surface area contributed by atoms with Gasteiger partial charge in [0.25, 0.3) is 5.91 Å². The van der Waals surface area contributed by atoms with E-state index >= 15 is 0 Å². The van der Waals surface area contributed by atoms with Crippen LogP contribution in [0, 0.1) is 5.92 Å². The van der Waals surface area contributed by atoms with E-state index < -0.39 is 0 Å². The van der Waals surface area contributed by atoms with E-state index in [2.05, 4.69) is 5.32 Å². The number of carbonyl (C=O) groups is 1. The Labute approximate surface area is 124 Å². The van der Waals surface area contributed by atoms with Gasteiger partial charge in [-0.3, -0.25) is 4.79 Å². The third-order valence-corrected chi connectivity index (χ3v) is 4.37. The number of amides is 1. The van der Waals surface area contributed by atoms with Gasteiger partial charge in [0.1, 0.15) is 11.5 Å². The number of hydrogen-bond donors (Lipinski definition) is 2. The molecule has 2 atom stereocenters. The van der Waals surface area contributed by atoms with Gasteiger partial charge in [0.15, 0.2) is 0 Å². The summed E-state index contributed by atoms with van der Waals surface area (Å²) >= 11 is 6.27. The molecule has 5 heteroatoms. The largest absolute Gasteiger partial charge is 0.507 e. The van der Waals surface area contributed by atoms with E-state index in [-0.39, 0.29) is 22.6 Å². The predicted octanol–water partition coefficient (Wildman–Crippen LogP) is 2.93. The predicted molar refractivity (Wildman–Crippen MR) is 78.6 cm³/mol. The fourth-order valence-corrected chi connectivity index (χ4v) is 2.91. The van der Waals surface area contributed by atoms with Gasteiger partial charge in [0.2, 0.25) is 0 Å². The van der Waals surface area contributed by atoms with E-state index in [0.717, 1.165) is 25.7 Å². The summed E-state index contributed by atoms with van der Waals surface area (Å²) in [6.45, 7) is 0.554. The highest BCUT2D eigenvalue weighted by atomic mass is 35.5. The van der Waals surface area contributed by atoms with Gasteiger partial charge < -0.3 is 15.2 Å². The van der Waals surface area contributed by atoms with Crippen LogP contribution >= 0.6 is 11.6 Å². The standard InChI is InChI=1S/C15H20ClNO3/c1-20-11-6-7-12(14(18)8-11)15(19)17-9-10-4-2-3-5-13(10)16/h6-8,10,13,18H,2-5,9H2,1H3,(H,17,19). The van der Waals surface area contributed by atoms with Crippen molar-refractivity contribution in [3.63, 3.8) is 0 Å². The second-order valence-corrected chi connectivity index (χ2v) is 5.71. The molecule has 1 aliphatic carbocycles. The first-order valence-corrected chi connectivity index (χ1v) is 7.34. The molecule has 1 fully saturated rings. The topological polar surface area (TPSA) is 58.6 Å². The molecule has 2 rings (SSSR count).